The molecule has 15 heteroatoms. The minimum Gasteiger partial charge on any atom is -0.383 e. The first-order valence-corrected chi connectivity index (χ1v) is 14.3. The zero-order valence-electron chi connectivity index (χ0n) is 24.5. The molecule has 0 saturated carbocycles. The van der Waals surface area contributed by atoms with E-state index in [0.29, 0.717) is 29.7 Å². The average Bonchev–Trinajstić information content (AvgIpc) is 3.80. The maximum atomic E-state index is 13.2. The predicted octanol–water partition coefficient (Wildman–Crippen LogP) is 1.45. The molecular formula is C31H25N9O6. The number of rotatable bonds is 8. The van der Waals surface area contributed by atoms with Crippen LogP contribution in [0, 0.1) is 6.92 Å². The normalized spacial score (nSPS) is 14.0. The first kappa shape index (κ1) is 28.5. The van der Waals surface area contributed by atoms with Crippen LogP contribution in [0.15, 0.2) is 67.8 Å². The zero-order chi connectivity index (χ0) is 32.1. The van der Waals surface area contributed by atoms with Crippen LogP contribution in [-0.4, -0.2) is 48.8 Å². The highest BCUT2D eigenvalue weighted by molar-refractivity contribution is 5.97. The Kier molecular flexibility index (Phi) is 6.84. The summed E-state index contributed by atoms with van der Waals surface area (Å²) < 4.78 is 6.05. The topological polar surface area (TPSA) is 207 Å². The van der Waals surface area contributed by atoms with Gasteiger partial charge in [0.1, 0.15) is 29.1 Å². The van der Waals surface area contributed by atoms with Gasteiger partial charge in [-0.2, -0.15) is 5.10 Å². The molecule has 15 nitrogen and oxygen atoms in total. The van der Waals surface area contributed by atoms with Crippen LogP contribution < -0.4 is 32.6 Å². The van der Waals surface area contributed by atoms with Crippen LogP contribution in [0.3, 0.4) is 0 Å². The zero-order valence-corrected chi connectivity index (χ0v) is 24.5. The van der Waals surface area contributed by atoms with Gasteiger partial charge in [0.25, 0.3) is 22.7 Å². The molecule has 0 bridgehead atoms. The van der Waals surface area contributed by atoms with Gasteiger partial charge in [-0.05, 0) is 48.1 Å². The molecule has 1 aliphatic rings. The summed E-state index contributed by atoms with van der Waals surface area (Å²) in [5.74, 6) is -1.24. The van der Waals surface area contributed by atoms with Crippen LogP contribution in [0.1, 0.15) is 55.7 Å². The van der Waals surface area contributed by atoms with Crippen molar-refractivity contribution in [3.8, 4) is 17.1 Å². The number of carbonyl (C=O) groups is 2. The summed E-state index contributed by atoms with van der Waals surface area (Å²) >= 11 is 0. The summed E-state index contributed by atoms with van der Waals surface area (Å²) in [6, 6.07) is 10.2. The third-order valence-corrected chi connectivity index (χ3v) is 8.26. The lowest BCUT2D eigenvalue weighted by Crippen LogP contribution is -2.38. The van der Waals surface area contributed by atoms with Crippen molar-refractivity contribution in [2.75, 3.05) is 12.4 Å². The maximum absolute atomic E-state index is 13.2. The maximum Gasteiger partial charge on any atom is 0.439 e. The molecule has 2 amide bonds. The fraction of sp³-hybridized carbons (Fsp3) is 0.194. The first-order chi connectivity index (χ1) is 22.2. The molecule has 3 aromatic heterocycles. The van der Waals surface area contributed by atoms with E-state index < -0.39 is 28.4 Å². The van der Waals surface area contributed by atoms with E-state index in [1.54, 1.807) is 25.4 Å². The highest BCUT2D eigenvalue weighted by Crippen LogP contribution is 2.37. The summed E-state index contributed by atoms with van der Waals surface area (Å²) in [5.41, 5.74) is 4.22. The molecule has 0 fully saturated rings. The number of hydrogen-bond acceptors (Lipinski definition) is 11. The summed E-state index contributed by atoms with van der Waals surface area (Å²) in [6.45, 7) is 2.06. The van der Waals surface area contributed by atoms with Gasteiger partial charge in [-0.25, -0.2) is 19.4 Å². The van der Waals surface area contributed by atoms with Gasteiger partial charge in [-0.3, -0.25) is 28.7 Å². The van der Waals surface area contributed by atoms with Gasteiger partial charge in [-0.1, -0.05) is 29.4 Å². The fourth-order valence-corrected chi connectivity index (χ4v) is 5.91. The second-order valence-corrected chi connectivity index (χ2v) is 10.9. The monoisotopic (exact) mass is 619 g/mol. The van der Waals surface area contributed by atoms with Crippen LogP contribution in [0.4, 0.5) is 5.69 Å². The molecule has 3 aromatic carbocycles. The number of anilines is 1. The summed E-state index contributed by atoms with van der Waals surface area (Å²) in [5, 5.41) is 17.3. The quantitative estimate of drug-likeness (QED) is 0.179. The third kappa shape index (κ3) is 4.74. The molecule has 3 heterocycles. The predicted molar refractivity (Wildman–Crippen MR) is 165 cm³/mol. The molecule has 230 valence electrons. The van der Waals surface area contributed by atoms with Gasteiger partial charge in [0.05, 0.1) is 17.8 Å². The number of aromatic amines is 1. The Hall–Kier alpha value is -6.25. The van der Waals surface area contributed by atoms with Crippen molar-refractivity contribution in [3.63, 3.8) is 0 Å². The van der Waals surface area contributed by atoms with Crippen LogP contribution >= 0.6 is 0 Å². The lowest BCUT2D eigenvalue weighted by Gasteiger charge is -2.15. The Morgan fingerprint density at radius 1 is 1.04 bits per heavy atom. The standard InChI is InChI=1S/C31H25N9O6/c1-14-17-7-8-20(19(17)6-5-18(14)28-38-31(45)46-39-28)37-30(44)22-10-21(34-13-35-22)29(43)33-11-15-3-4-16-12-36-40(23(16)9-15)25-24(32-2)26(41)27(25)42/h3-6,9-10,12-13,20,32H,7-8,11H2,1-2H3,(H,33,43)(H,37,44)(H,38,39,45)/t20-/m0/s1. The Bertz CT molecular complexity index is 2330. The van der Waals surface area contributed by atoms with Gasteiger partial charge >= 0.3 is 5.76 Å². The van der Waals surface area contributed by atoms with E-state index in [4.69, 9.17) is 0 Å². The van der Waals surface area contributed by atoms with Crippen molar-refractivity contribution in [1.82, 2.24) is 40.5 Å². The number of H-pyrrole nitrogens is 1. The molecule has 0 aliphatic heterocycles. The minimum atomic E-state index is -0.633. The SMILES string of the molecule is CNc1c(-n2ncc3ccc(CNC(=O)c4cc(C(=O)N[C@H]5CCc6c5ccc(-c5noc(=O)[nH]5)c6C)ncn4)cc32)c(=O)c1=O. The Morgan fingerprint density at radius 2 is 1.85 bits per heavy atom. The number of amides is 2. The van der Waals surface area contributed by atoms with Crippen LogP contribution in [0.5, 0.6) is 0 Å². The number of benzene rings is 2. The van der Waals surface area contributed by atoms with Crippen molar-refractivity contribution < 1.29 is 14.1 Å². The molecule has 0 radical (unpaired) electrons. The minimum absolute atomic E-state index is 0.0163. The Labute approximate surface area is 258 Å². The Morgan fingerprint density at radius 3 is 2.61 bits per heavy atom. The first-order valence-electron chi connectivity index (χ1n) is 14.3. The van der Waals surface area contributed by atoms with E-state index >= 15 is 0 Å². The number of carbonyl (C=O) groups excluding carboxylic acids is 2. The number of nitrogens with zero attached hydrogens (tertiary/aromatic N) is 5. The van der Waals surface area contributed by atoms with E-state index in [2.05, 4.69) is 45.7 Å². The average molecular weight is 620 g/mol. The third-order valence-electron chi connectivity index (χ3n) is 8.26. The highest BCUT2D eigenvalue weighted by Gasteiger charge is 2.28. The molecule has 7 rings (SSSR count). The van der Waals surface area contributed by atoms with E-state index in [1.807, 2.05) is 25.1 Å². The molecule has 0 saturated heterocycles. The Balaban J connectivity index is 1.03. The van der Waals surface area contributed by atoms with Crippen molar-refractivity contribution >= 4 is 28.4 Å². The number of aromatic nitrogens is 6. The van der Waals surface area contributed by atoms with Crippen LogP contribution in [0.25, 0.3) is 28.0 Å². The molecule has 1 atom stereocenters. The summed E-state index contributed by atoms with van der Waals surface area (Å²) in [4.78, 5) is 72.4. The number of nitrogens with one attached hydrogen (secondary N) is 4. The van der Waals surface area contributed by atoms with Crippen LogP contribution in [-0.2, 0) is 13.0 Å². The molecule has 4 N–H and O–H groups in total. The van der Waals surface area contributed by atoms with E-state index in [9.17, 15) is 24.0 Å². The lowest BCUT2D eigenvalue weighted by molar-refractivity contribution is 0.0931. The molecule has 1 aliphatic carbocycles. The van der Waals surface area contributed by atoms with Gasteiger partial charge < -0.3 is 16.0 Å². The van der Waals surface area contributed by atoms with E-state index in [0.717, 1.165) is 34.0 Å². The highest BCUT2D eigenvalue weighted by atomic mass is 16.5. The van der Waals surface area contributed by atoms with Crippen molar-refractivity contribution in [2.24, 2.45) is 0 Å². The second-order valence-electron chi connectivity index (χ2n) is 10.9. The number of fused-ring (bicyclic) bond motifs is 2. The summed E-state index contributed by atoms with van der Waals surface area (Å²) in [6.07, 6.45) is 4.14. The van der Waals surface area contributed by atoms with Crippen molar-refractivity contribution in [1.29, 1.82) is 0 Å². The van der Waals surface area contributed by atoms with E-state index in [1.165, 1.54) is 10.7 Å². The van der Waals surface area contributed by atoms with Crippen molar-refractivity contribution in [2.45, 2.75) is 32.4 Å². The van der Waals surface area contributed by atoms with E-state index in [-0.39, 0.29) is 35.3 Å². The second kappa shape index (κ2) is 11.0. The number of hydrogen-bond donors (Lipinski definition) is 4. The molecule has 0 spiro atoms. The van der Waals surface area contributed by atoms with Crippen molar-refractivity contribution in [3.05, 3.63) is 114 Å². The van der Waals surface area contributed by atoms with Gasteiger partial charge in [0, 0.05) is 30.6 Å². The van der Waals surface area contributed by atoms with Gasteiger partial charge in [-0.15, -0.1) is 0 Å². The van der Waals surface area contributed by atoms with Crippen LogP contribution in [0.2, 0.25) is 0 Å². The van der Waals surface area contributed by atoms with Gasteiger partial charge in [0.15, 0.2) is 5.82 Å². The lowest BCUT2D eigenvalue weighted by atomic mass is 9.97. The largest absolute Gasteiger partial charge is 0.439 e. The summed E-state index contributed by atoms with van der Waals surface area (Å²) in [7, 11) is 1.56. The van der Waals surface area contributed by atoms with Gasteiger partial charge in [0.2, 0.25) is 0 Å². The molecule has 6 aromatic rings. The molecule has 0 unspecified atom stereocenters. The molecule has 46 heavy (non-hydrogen) atoms. The smallest absolute Gasteiger partial charge is 0.383 e. The fourth-order valence-electron chi connectivity index (χ4n) is 5.91. The molecular weight excluding hydrogens is 594 g/mol.